The van der Waals surface area contributed by atoms with E-state index in [2.05, 4.69) is 20.4 Å². The molecule has 0 spiro atoms. The van der Waals surface area contributed by atoms with Gasteiger partial charge >= 0.3 is 0 Å². The van der Waals surface area contributed by atoms with E-state index in [4.69, 9.17) is 0 Å². The lowest BCUT2D eigenvalue weighted by Crippen LogP contribution is -2.19. The summed E-state index contributed by atoms with van der Waals surface area (Å²) in [6.45, 7) is 0. The molecule has 0 bridgehead atoms. The van der Waals surface area contributed by atoms with Crippen LogP contribution < -0.4 is 5.32 Å². The van der Waals surface area contributed by atoms with Gasteiger partial charge in [-0.2, -0.15) is 5.10 Å². The summed E-state index contributed by atoms with van der Waals surface area (Å²) in [4.78, 5) is 8.38. The maximum Gasteiger partial charge on any atom is 0.0759 e. The lowest BCUT2D eigenvalue weighted by molar-refractivity contribution is 0.573. The molecule has 0 aliphatic heterocycles. The SMILES string of the molecule is CNC(Cc1cnn(C)c1)c1cnccn1. The van der Waals surface area contributed by atoms with E-state index in [1.165, 1.54) is 5.56 Å². The number of likely N-dealkylation sites (N-methyl/N-ethyl adjacent to an activating group) is 1. The largest absolute Gasteiger partial charge is 0.311 e. The molecular weight excluding hydrogens is 202 g/mol. The zero-order chi connectivity index (χ0) is 11.4. The van der Waals surface area contributed by atoms with Crippen LogP contribution in [0.2, 0.25) is 0 Å². The summed E-state index contributed by atoms with van der Waals surface area (Å²) in [6, 6.07) is 0.179. The predicted octanol–water partition coefficient (Wildman–Crippen LogP) is 0.713. The van der Waals surface area contributed by atoms with E-state index < -0.39 is 0 Å². The highest BCUT2D eigenvalue weighted by molar-refractivity contribution is 5.11. The van der Waals surface area contributed by atoms with E-state index in [0.29, 0.717) is 0 Å². The van der Waals surface area contributed by atoms with Gasteiger partial charge in [-0.1, -0.05) is 0 Å². The molecule has 0 aliphatic carbocycles. The van der Waals surface area contributed by atoms with Crippen molar-refractivity contribution in [2.45, 2.75) is 12.5 Å². The molecule has 1 unspecified atom stereocenters. The van der Waals surface area contributed by atoms with Gasteiger partial charge in [0.2, 0.25) is 0 Å². The molecule has 0 fully saturated rings. The van der Waals surface area contributed by atoms with E-state index >= 15 is 0 Å². The van der Waals surface area contributed by atoms with Crippen LogP contribution in [0.15, 0.2) is 31.0 Å². The smallest absolute Gasteiger partial charge is 0.0759 e. The Kier molecular flexibility index (Phi) is 3.26. The number of nitrogens with zero attached hydrogens (tertiary/aromatic N) is 4. The van der Waals surface area contributed by atoms with Crippen LogP contribution in [0.5, 0.6) is 0 Å². The van der Waals surface area contributed by atoms with Gasteiger partial charge in [0.15, 0.2) is 0 Å². The molecule has 2 rings (SSSR count). The Morgan fingerprint density at radius 3 is 2.81 bits per heavy atom. The van der Waals surface area contributed by atoms with Crippen LogP contribution in [0.3, 0.4) is 0 Å². The second-order valence-electron chi connectivity index (χ2n) is 3.70. The topological polar surface area (TPSA) is 55.6 Å². The highest BCUT2D eigenvalue weighted by Gasteiger charge is 2.12. The molecule has 0 saturated heterocycles. The number of rotatable bonds is 4. The Bertz CT molecular complexity index is 437. The standard InChI is InChI=1S/C11H15N5/c1-12-10(11-7-13-3-4-14-11)5-9-6-15-16(2)8-9/h3-4,6-8,10,12H,5H2,1-2H3. The first kappa shape index (κ1) is 10.8. The Morgan fingerprint density at radius 1 is 1.38 bits per heavy atom. The molecule has 0 radical (unpaired) electrons. The first-order valence-corrected chi connectivity index (χ1v) is 5.20. The molecule has 2 aromatic heterocycles. The van der Waals surface area contributed by atoms with Gasteiger partial charge in [-0.3, -0.25) is 14.6 Å². The summed E-state index contributed by atoms with van der Waals surface area (Å²) in [5.74, 6) is 0. The van der Waals surface area contributed by atoms with E-state index in [1.807, 2.05) is 26.5 Å². The first-order chi connectivity index (χ1) is 7.79. The zero-order valence-corrected chi connectivity index (χ0v) is 9.46. The van der Waals surface area contributed by atoms with Crippen molar-refractivity contribution in [1.29, 1.82) is 0 Å². The van der Waals surface area contributed by atoms with Crippen molar-refractivity contribution in [2.75, 3.05) is 7.05 Å². The molecule has 1 atom stereocenters. The molecule has 2 heterocycles. The molecule has 0 aliphatic rings. The Labute approximate surface area is 94.5 Å². The van der Waals surface area contributed by atoms with Crippen molar-refractivity contribution < 1.29 is 0 Å². The van der Waals surface area contributed by atoms with Crippen LogP contribution >= 0.6 is 0 Å². The van der Waals surface area contributed by atoms with Crippen LogP contribution in [0, 0.1) is 0 Å². The molecule has 5 nitrogen and oxygen atoms in total. The molecular formula is C11H15N5. The highest BCUT2D eigenvalue weighted by atomic mass is 15.2. The normalized spacial score (nSPS) is 12.6. The third-order valence-electron chi connectivity index (χ3n) is 2.49. The van der Waals surface area contributed by atoms with Gasteiger partial charge in [-0.25, -0.2) is 0 Å². The number of aromatic nitrogens is 4. The predicted molar refractivity (Wildman–Crippen MR) is 60.7 cm³/mol. The summed E-state index contributed by atoms with van der Waals surface area (Å²) in [6.07, 6.45) is 9.94. The second kappa shape index (κ2) is 4.85. The number of hydrogen-bond acceptors (Lipinski definition) is 4. The molecule has 0 amide bonds. The van der Waals surface area contributed by atoms with Gasteiger partial charge in [-0.15, -0.1) is 0 Å². The van der Waals surface area contributed by atoms with E-state index in [9.17, 15) is 0 Å². The zero-order valence-electron chi connectivity index (χ0n) is 9.46. The van der Waals surface area contributed by atoms with Crippen molar-refractivity contribution in [3.05, 3.63) is 42.2 Å². The quantitative estimate of drug-likeness (QED) is 0.819. The summed E-state index contributed by atoms with van der Waals surface area (Å²) in [7, 11) is 3.84. The Morgan fingerprint density at radius 2 is 2.25 bits per heavy atom. The van der Waals surface area contributed by atoms with Crippen LogP contribution in [0.25, 0.3) is 0 Å². The maximum atomic E-state index is 4.30. The van der Waals surface area contributed by atoms with Gasteiger partial charge in [0, 0.05) is 31.8 Å². The van der Waals surface area contributed by atoms with Crippen LogP contribution in [-0.2, 0) is 13.5 Å². The van der Waals surface area contributed by atoms with Gasteiger partial charge in [0.1, 0.15) is 0 Å². The summed E-state index contributed by atoms with van der Waals surface area (Å²) >= 11 is 0. The minimum absolute atomic E-state index is 0.179. The monoisotopic (exact) mass is 217 g/mol. The molecule has 0 aromatic carbocycles. The summed E-state index contributed by atoms with van der Waals surface area (Å²) in [5, 5.41) is 7.39. The van der Waals surface area contributed by atoms with Crippen LogP contribution in [0.1, 0.15) is 17.3 Å². The summed E-state index contributed by atoms with van der Waals surface area (Å²) < 4.78 is 1.80. The number of nitrogens with one attached hydrogen (secondary N) is 1. The molecule has 0 saturated carbocycles. The Hall–Kier alpha value is -1.75. The van der Waals surface area contributed by atoms with Crippen LogP contribution in [-0.4, -0.2) is 26.8 Å². The minimum Gasteiger partial charge on any atom is -0.311 e. The fraction of sp³-hybridized carbons (Fsp3) is 0.364. The first-order valence-electron chi connectivity index (χ1n) is 5.20. The average Bonchev–Trinajstić information content (AvgIpc) is 2.73. The summed E-state index contributed by atoms with van der Waals surface area (Å²) in [5.41, 5.74) is 2.14. The van der Waals surface area contributed by atoms with E-state index in [1.54, 1.807) is 23.3 Å². The van der Waals surface area contributed by atoms with Gasteiger partial charge < -0.3 is 5.32 Å². The third-order valence-corrected chi connectivity index (χ3v) is 2.49. The molecule has 2 aromatic rings. The van der Waals surface area contributed by atoms with Crippen molar-refractivity contribution in [3.8, 4) is 0 Å². The van der Waals surface area contributed by atoms with Gasteiger partial charge in [0.25, 0.3) is 0 Å². The lowest BCUT2D eigenvalue weighted by atomic mass is 10.1. The van der Waals surface area contributed by atoms with Gasteiger partial charge in [0.05, 0.1) is 17.9 Å². The van der Waals surface area contributed by atoms with E-state index in [-0.39, 0.29) is 6.04 Å². The van der Waals surface area contributed by atoms with Crippen molar-refractivity contribution >= 4 is 0 Å². The van der Waals surface area contributed by atoms with Crippen molar-refractivity contribution in [1.82, 2.24) is 25.1 Å². The molecule has 16 heavy (non-hydrogen) atoms. The number of aryl methyl sites for hydroxylation is 1. The fourth-order valence-electron chi connectivity index (χ4n) is 1.66. The minimum atomic E-state index is 0.179. The molecule has 1 N–H and O–H groups in total. The van der Waals surface area contributed by atoms with E-state index in [0.717, 1.165) is 12.1 Å². The highest BCUT2D eigenvalue weighted by Crippen LogP contribution is 2.14. The number of hydrogen-bond donors (Lipinski definition) is 1. The lowest BCUT2D eigenvalue weighted by Gasteiger charge is -2.13. The third kappa shape index (κ3) is 2.43. The Balaban J connectivity index is 2.12. The van der Waals surface area contributed by atoms with Crippen molar-refractivity contribution in [3.63, 3.8) is 0 Å². The average molecular weight is 217 g/mol. The fourth-order valence-corrected chi connectivity index (χ4v) is 1.66. The van der Waals surface area contributed by atoms with Gasteiger partial charge in [-0.05, 0) is 19.0 Å². The van der Waals surface area contributed by atoms with Crippen molar-refractivity contribution in [2.24, 2.45) is 7.05 Å². The second-order valence-corrected chi connectivity index (χ2v) is 3.70. The maximum absolute atomic E-state index is 4.30. The molecule has 84 valence electrons. The molecule has 5 heteroatoms. The van der Waals surface area contributed by atoms with Crippen LogP contribution in [0.4, 0.5) is 0 Å².